The van der Waals surface area contributed by atoms with Crippen LogP contribution in [0.4, 0.5) is 0 Å². The quantitative estimate of drug-likeness (QED) is 0.648. The summed E-state index contributed by atoms with van der Waals surface area (Å²) >= 11 is 0. The Hall–Kier alpha value is -2.44. The van der Waals surface area contributed by atoms with Gasteiger partial charge in [0.25, 0.3) is 10.0 Å². The zero-order valence-electron chi connectivity index (χ0n) is 16.7. The van der Waals surface area contributed by atoms with E-state index in [1.807, 2.05) is 13.1 Å². The van der Waals surface area contributed by atoms with E-state index in [4.69, 9.17) is 0 Å². The van der Waals surface area contributed by atoms with Gasteiger partial charge < -0.3 is 5.32 Å². The van der Waals surface area contributed by atoms with Gasteiger partial charge in [0.15, 0.2) is 0 Å². The summed E-state index contributed by atoms with van der Waals surface area (Å²) in [5.74, 6) is 0.628. The van der Waals surface area contributed by atoms with Crippen molar-refractivity contribution in [2.45, 2.75) is 49.5 Å². The average Bonchev–Trinajstić information content (AvgIpc) is 3.20. The number of pyridine rings is 1. The zero-order chi connectivity index (χ0) is 20.3. The molecule has 3 aromatic rings. The molecule has 0 spiro atoms. The second kappa shape index (κ2) is 8.51. The molecule has 1 aliphatic rings. The minimum atomic E-state index is -3.72. The smallest absolute Gasteiger partial charge is 0.269 e. The number of aromatic nitrogens is 2. The molecule has 2 aromatic heterocycles. The Balaban J connectivity index is 1.73. The van der Waals surface area contributed by atoms with Crippen molar-refractivity contribution in [2.75, 3.05) is 7.05 Å². The van der Waals surface area contributed by atoms with Crippen molar-refractivity contribution in [3.05, 3.63) is 72.2 Å². The molecule has 1 fully saturated rings. The number of hydrogen-bond donors (Lipinski definition) is 1. The highest BCUT2D eigenvalue weighted by atomic mass is 32.2. The van der Waals surface area contributed by atoms with Gasteiger partial charge in [-0.1, -0.05) is 43.5 Å². The highest BCUT2D eigenvalue weighted by Gasteiger charge is 2.22. The van der Waals surface area contributed by atoms with Crippen LogP contribution in [0.25, 0.3) is 11.3 Å². The maximum Gasteiger partial charge on any atom is 0.269 e. The number of benzene rings is 1. The first-order valence-electron chi connectivity index (χ1n) is 10.2. The Labute approximate surface area is 172 Å². The summed E-state index contributed by atoms with van der Waals surface area (Å²) in [5.41, 5.74) is 3.86. The summed E-state index contributed by atoms with van der Waals surface area (Å²) in [6, 6.07) is 13.6. The summed E-state index contributed by atoms with van der Waals surface area (Å²) in [7, 11) is -1.87. The molecule has 4 rings (SSSR count). The summed E-state index contributed by atoms with van der Waals surface area (Å²) in [6.45, 7) is 0.600. The van der Waals surface area contributed by atoms with Crippen molar-refractivity contribution < 1.29 is 8.42 Å². The van der Waals surface area contributed by atoms with Crippen molar-refractivity contribution >= 4 is 10.0 Å². The number of hydrogen-bond acceptors (Lipinski definition) is 4. The fourth-order valence-electron chi connectivity index (χ4n) is 4.18. The summed E-state index contributed by atoms with van der Waals surface area (Å²) in [6.07, 6.45) is 11.1. The molecule has 152 valence electrons. The van der Waals surface area contributed by atoms with Gasteiger partial charge in [0.1, 0.15) is 4.90 Å². The van der Waals surface area contributed by atoms with Crippen LogP contribution in [-0.2, 0) is 16.6 Å². The van der Waals surface area contributed by atoms with E-state index in [-0.39, 0.29) is 4.90 Å². The van der Waals surface area contributed by atoms with Gasteiger partial charge in [-0.15, -0.1) is 0 Å². The first-order valence-corrected chi connectivity index (χ1v) is 11.7. The van der Waals surface area contributed by atoms with Crippen LogP contribution in [0.2, 0.25) is 0 Å². The molecule has 0 aliphatic heterocycles. The van der Waals surface area contributed by atoms with Crippen molar-refractivity contribution in [2.24, 2.45) is 0 Å². The molecule has 1 aliphatic carbocycles. The summed E-state index contributed by atoms with van der Waals surface area (Å²) < 4.78 is 27.9. The Bertz CT molecular complexity index is 1050. The predicted octanol–water partition coefficient (Wildman–Crippen LogP) is 4.55. The van der Waals surface area contributed by atoms with Crippen LogP contribution >= 0.6 is 0 Å². The van der Waals surface area contributed by atoms with Gasteiger partial charge in [0.05, 0.1) is 5.69 Å². The van der Waals surface area contributed by atoms with Crippen LogP contribution in [0.1, 0.15) is 49.1 Å². The monoisotopic (exact) mass is 409 g/mol. The van der Waals surface area contributed by atoms with Gasteiger partial charge in [-0.2, -0.15) is 0 Å². The highest BCUT2D eigenvalue weighted by molar-refractivity contribution is 7.90. The normalized spacial score (nSPS) is 15.5. The molecule has 0 bridgehead atoms. The van der Waals surface area contributed by atoms with E-state index in [0.29, 0.717) is 18.2 Å². The zero-order valence-corrected chi connectivity index (χ0v) is 17.5. The summed E-state index contributed by atoms with van der Waals surface area (Å²) in [5, 5.41) is 3.10. The van der Waals surface area contributed by atoms with E-state index < -0.39 is 10.0 Å². The largest absolute Gasteiger partial charge is 0.316 e. The van der Waals surface area contributed by atoms with Crippen LogP contribution in [0.5, 0.6) is 0 Å². The molecule has 0 atom stereocenters. The Morgan fingerprint density at radius 3 is 2.52 bits per heavy atom. The highest BCUT2D eigenvalue weighted by Crippen LogP contribution is 2.34. The maximum absolute atomic E-state index is 13.3. The molecule has 0 saturated heterocycles. The van der Waals surface area contributed by atoms with Gasteiger partial charge in [-0.3, -0.25) is 4.98 Å². The molecule has 6 heteroatoms. The standard InChI is InChI=1S/C23H27N3O2S/c1-24-15-18-14-23(26(17-18)29(27,28)22-8-5-13-25-16-22)21-11-9-20(10-12-21)19-6-3-2-4-7-19/h5,8-14,16-17,19,24H,2-4,6-7,15H2,1H3. The first-order chi connectivity index (χ1) is 14.1. The van der Waals surface area contributed by atoms with Crippen molar-refractivity contribution in [1.29, 1.82) is 0 Å². The van der Waals surface area contributed by atoms with Crippen molar-refractivity contribution in [3.63, 3.8) is 0 Å². The second-order valence-electron chi connectivity index (χ2n) is 7.71. The van der Waals surface area contributed by atoms with E-state index in [0.717, 1.165) is 11.1 Å². The van der Waals surface area contributed by atoms with Gasteiger partial charge in [-0.05, 0) is 60.7 Å². The lowest BCUT2D eigenvalue weighted by molar-refractivity contribution is 0.443. The molecular weight excluding hydrogens is 382 g/mol. The fourth-order valence-corrected chi connectivity index (χ4v) is 5.55. The van der Waals surface area contributed by atoms with E-state index >= 15 is 0 Å². The first kappa shape index (κ1) is 19.9. The topological polar surface area (TPSA) is 64.0 Å². The molecule has 0 amide bonds. The number of nitrogens with zero attached hydrogens (tertiary/aromatic N) is 2. The van der Waals surface area contributed by atoms with E-state index in [9.17, 15) is 8.42 Å². The average molecular weight is 410 g/mol. The Morgan fingerprint density at radius 2 is 1.86 bits per heavy atom. The van der Waals surface area contributed by atoms with Gasteiger partial charge >= 0.3 is 0 Å². The molecule has 1 saturated carbocycles. The van der Waals surface area contributed by atoms with Crippen LogP contribution in [0.15, 0.2) is 66.0 Å². The lowest BCUT2D eigenvalue weighted by Gasteiger charge is -2.22. The maximum atomic E-state index is 13.3. The second-order valence-corrected chi connectivity index (χ2v) is 9.53. The third-order valence-electron chi connectivity index (χ3n) is 5.70. The fraction of sp³-hybridized carbons (Fsp3) is 0.348. The van der Waals surface area contributed by atoms with Crippen molar-refractivity contribution in [3.8, 4) is 11.3 Å². The van der Waals surface area contributed by atoms with E-state index in [1.54, 1.807) is 24.5 Å². The molecule has 1 N–H and O–H groups in total. The van der Waals surface area contributed by atoms with Crippen LogP contribution in [0, 0.1) is 0 Å². The van der Waals surface area contributed by atoms with Gasteiger partial charge in [0.2, 0.25) is 0 Å². The molecule has 29 heavy (non-hydrogen) atoms. The number of nitrogens with one attached hydrogen (secondary N) is 1. The van der Waals surface area contributed by atoms with Gasteiger partial charge in [0, 0.05) is 25.1 Å². The molecular formula is C23H27N3O2S. The van der Waals surface area contributed by atoms with Crippen molar-refractivity contribution in [1.82, 2.24) is 14.3 Å². The van der Waals surface area contributed by atoms with E-state index in [1.165, 1.54) is 47.8 Å². The Morgan fingerprint density at radius 1 is 1.10 bits per heavy atom. The number of rotatable bonds is 6. The summed E-state index contributed by atoms with van der Waals surface area (Å²) in [4.78, 5) is 4.17. The third-order valence-corrected chi connectivity index (χ3v) is 7.35. The minimum absolute atomic E-state index is 0.187. The molecule has 0 unspecified atom stereocenters. The lowest BCUT2D eigenvalue weighted by atomic mass is 9.84. The third kappa shape index (κ3) is 4.14. The van der Waals surface area contributed by atoms with E-state index in [2.05, 4.69) is 34.6 Å². The molecule has 2 heterocycles. The molecule has 0 radical (unpaired) electrons. The van der Waals surface area contributed by atoms with Gasteiger partial charge in [-0.25, -0.2) is 12.4 Å². The van der Waals surface area contributed by atoms with Crippen LogP contribution < -0.4 is 5.32 Å². The van der Waals surface area contributed by atoms with Crippen LogP contribution in [-0.4, -0.2) is 24.4 Å². The lowest BCUT2D eigenvalue weighted by Crippen LogP contribution is -2.13. The minimum Gasteiger partial charge on any atom is -0.316 e. The predicted molar refractivity (Wildman–Crippen MR) is 115 cm³/mol. The van der Waals surface area contributed by atoms with Crippen LogP contribution in [0.3, 0.4) is 0 Å². The molecule has 5 nitrogen and oxygen atoms in total. The Kier molecular flexibility index (Phi) is 5.83. The molecule has 1 aromatic carbocycles. The SMILES string of the molecule is CNCc1cc(-c2ccc(C3CCCCC3)cc2)n(S(=O)(=O)c2cccnc2)c1.